The van der Waals surface area contributed by atoms with E-state index in [1.54, 1.807) is 35.2 Å². The molecule has 1 aliphatic heterocycles. The van der Waals surface area contributed by atoms with Crippen LogP contribution in [0.3, 0.4) is 0 Å². The van der Waals surface area contributed by atoms with Crippen molar-refractivity contribution in [2.75, 3.05) is 13.1 Å². The quantitative estimate of drug-likeness (QED) is 0.811. The fourth-order valence-corrected chi connectivity index (χ4v) is 2.82. The first kappa shape index (κ1) is 16.2. The van der Waals surface area contributed by atoms with Crippen molar-refractivity contribution in [2.45, 2.75) is 25.4 Å². The molecule has 0 spiro atoms. The van der Waals surface area contributed by atoms with Crippen LogP contribution in [-0.2, 0) is 9.53 Å². The SMILES string of the molecule is O=C(OC(C(=O)N1CCCCC1)c1ccccc1)c1ccccn1. The summed E-state index contributed by atoms with van der Waals surface area (Å²) in [7, 11) is 0. The van der Waals surface area contributed by atoms with E-state index in [0.29, 0.717) is 18.7 Å². The highest BCUT2D eigenvalue weighted by Gasteiger charge is 2.30. The van der Waals surface area contributed by atoms with Crippen molar-refractivity contribution >= 4 is 11.9 Å². The van der Waals surface area contributed by atoms with Gasteiger partial charge in [-0.25, -0.2) is 9.78 Å². The number of carbonyl (C=O) groups is 2. The van der Waals surface area contributed by atoms with E-state index in [1.165, 1.54) is 6.20 Å². The van der Waals surface area contributed by atoms with Gasteiger partial charge in [0.15, 0.2) is 0 Å². The highest BCUT2D eigenvalue weighted by molar-refractivity contribution is 5.91. The van der Waals surface area contributed by atoms with Gasteiger partial charge in [-0.3, -0.25) is 4.79 Å². The Labute approximate surface area is 141 Å². The number of esters is 1. The Morgan fingerprint density at radius 3 is 2.33 bits per heavy atom. The minimum absolute atomic E-state index is 0.162. The van der Waals surface area contributed by atoms with Gasteiger partial charge in [-0.2, -0.15) is 0 Å². The van der Waals surface area contributed by atoms with Gasteiger partial charge < -0.3 is 9.64 Å². The summed E-state index contributed by atoms with van der Waals surface area (Å²) in [4.78, 5) is 31.0. The number of hydrogen-bond donors (Lipinski definition) is 0. The number of hydrogen-bond acceptors (Lipinski definition) is 4. The Morgan fingerprint density at radius 2 is 1.67 bits per heavy atom. The lowest BCUT2D eigenvalue weighted by Gasteiger charge is -2.30. The third kappa shape index (κ3) is 3.79. The van der Waals surface area contributed by atoms with Crippen LogP contribution in [0.4, 0.5) is 0 Å². The van der Waals surface area contributed by atoms with E-state index < -0.39 is 12.1 Å². The molecule has 1 aliphatic rings. The van der Waals surface area contributed by atoms with Crippen molar-refractivity contribution in [1.82, 2.24) is 9.88 Å². The lowest BCUT2D eigenvalue weighted by atomic mass is 10.1. The summed E-state index contributed by atoms with van der Waals surface area (Å²) in [5.74, 6) is -0.750. The largest absolute Gasteiger partial charge is 0.443 e. The van der Waals surface area contributed by atoms with Crippen molar-refractivity contribution in [3.63, 3.8) is 0 Å². The number of ether oxygens (including phenoxy) is 1. The molecule has 0 bridgehead atoms. The lowest BCUT2D eigenvalue weighted by Crippen LogP contribution is -2.40. The molecule has 1 unspecified atom stereocenters. The molecule has 124 valence electrons. The number of benzene rings is 1. The zero-order valence-electron chi connectivity index (χ0n) is 13.4. The highest BCUT2D eigenvalue weighted by atomic mass is 16.5. The van der Waals surface area contributed by atoms with Gasteiger partial charge in [0.05, 0.1) is 0 Å². The molecule has 5 heteroatoms. The topological polar surface area (TPSA) is 59.5 Å². The first-order chi connectivity index (χ1) is 11.8. The van der Waals surface area contributed by atoms with Crippen molar-refractivity contribution in [1.29, 1.82) is 0 Å². The van der Waals surface area contributed by atoms with Crippen LogP contribution in [-0.4, -0.2) is 34.8 Å². The molecule has 3 rings (SSSR count). The van der Waals surface area contributed by atoms with Gasteiger partial charge in [0, 0.05) is 24.8 Å². The normalized spacial score (nSPS) is 15.6. The highest BCUT2D eigenvalue weighted by Crippen LogP contribution is 2.23. The number of piperidine rings is 1. The molecule has 2 heterocycles. The molecule has 1 saturated heterocycles. The Hall–Kier alpha value is -2.69. The molecule has 24 heavy (non-hydrogen) atoms. The van der Waals surface area contributed by atoms with Crippen LogP contribution in [0.25, 0.3) is 0 Å². The molecule has 2 aromatic rings. The van der Waals surface area contributed by atoms with Gasteiger partial charge in [0.1, 0.15) is 5.69 Å². The van der Waals surface area contributed by atoms with Crippen LogP contribution >= 0.6 is 0 Å². The maximum atomic E-state index is 12.9. The summed E-state index contributed by atoms with van der Waals surface area (Å²) in [6, 6.07) is 14.2. The molecule has 1 fully saturated rings. The van der Waals surface area contributed by atoms with Crippen LogP contribution < -0.4 is 0 Å². The molecule has 1 aromatic heterocycles. The Kier molecular flexibility index (Phi) is 5.21. The zero-order chi connectivity index (χ0) is 16.8. The van der Waals surface area contributed by atoms with E-state index in [4.69, 9.17) is 4.74 Å². The van der Waals surface area contributed by atoms with Gasteiger partial charge in [-0.05, 0) is 31.4 Å². The van der Waals surface area contributed by atoms with Crippen LogP contribution in [0.5, 0.6) is 0 Å². The first-order valence-corrected chi connectivity index (χ1v) is 8.21. The number of nitrogens with zero attached hydrogens (tertiary/aromatic N) is 2. The molecular formula is C19H20N2O3. The molecule has 1 atom stereocenters. The average molecular weight is 324 g/mol. The maximum absolute atomic E-state index is 12.9. The van der Waals surface area contributed by atoms with E-state index in [9.17, 15) is 9.59 Å². The number of amides is 1. The molecule has 1 amide bonds. The molecule has 5 nitrogen and oxygen atoms in total. The maximum Gasteiger partial charge on any atom is 0.358 e. The summed E-state index contributed by atoms with van der Waals surface area (Å²) in [6.07, 6.45) is 3.70. The average Bonchev–Trinajstić information content (AvgIpc) is 2.67. The third-order valence-corrected chi connectivity index (χ3v) is 4.09. The monoisotopic (exact) mass is 324 g/mol. The van der Waals surface area contributed by atoms with Crippen LogP contribution in [0, 0.1) is 0 Å². The fraction of sp³-hybridized carbons (Fsp3) is 0.316. The van der Waals surface area contributed by atoms with E-state index in [0.717, 1.165) is 19.3 Å². The molecule has 0 saturated carbocycles. The van der Waals surface area contributed by atoms with Crippen LogP contribution in [0.1, 0.15) is 41.4 Å². The third-order valence-electron chi connectivity index (χ3n) is 4.09. The number of carbonyl (C=O) groups excluding carboxylic acids is 2. The van der Waals surface area contributed by atoms with Gasteiger partial charge in [0.25, 0.3) is 5.91 Å². The smallest absolute Gasteiger partial charge is 0.358 e. The lowest BCUT2D eigenvalue weighted by molar-refractivity contribution is -0.142. The summed E-state index contributed by atoms with van der Waals surface area (Å²) in [5, 5.41) is 0. The summed E-state index contributed by atoms with van der Waals surface area (Å²) >= 11 is 0. The molecule has 1 aromatic carbocycles. The van der Waals surface area contributed by atoms with E-state index in [2.05, 4.69) is 4.98 Å². The van der Waals surface area contributed by atoms with Gasteiger partial charge >= 0.3 is 5.97 Å². The molecular weight excluding hydrogens is 304 g/mol. The Balaban J connectivity index is 1.82. The number of likely N-dealkylation sites (tertiary alicyclic amines) is 1. The molecule has 0 radical (unpaired) electrons. The standard InChI is InChI=1S/C19H20N2O3/c22-18(21-13-7-2-8-14-21)17(15-9-3-1-4-10-15)24-19(23)16-11-5-6-12-20-16/h1,3-6,9-12,17H,2,7-8,13-14H2. The predicted molar refractivity (Wildman–Crippen MR) is 89.3 cm³/mol. The number of aromatic nitrogens is 1. The summed E-state index contributed by atoms with van der Waals surface area (Å²) < 4.78 is 5.54. The molecule has 0 N–H and O–H groups in total. The van der Waals surface area contributed by atoms with Gasteiger partial charge in [0.2, 0.25) is 6.10 Å². The van der Waals surface area contributed by atoms with E-state index in [-0.39, 0.29) is 11.6 Å². The van der Waals surface area contributed by atoms with E-state index >= 15 is 0 Å². The van der Waals surface area contributed by atoms with Gasteiger partial charge in [-0.15, -0.1) is 0 Å². The second-order valence-electron chi connectivity index (χ2n) is 5.80. The number of pyridine rings is 1. The van der Waals surface area contributed by atoms with Crippen molar-refractivity contribution in [2.24, 2.45) is 0 Å². The zero-order valence-corrected chi connectivity index (χ0v) is 13.4. The Morgan fingerprint density at radius 1 is 0.958 bits per heavy atom. The van der Waals surface area contributed by atoms with Crippen molar-refractivity contribution in [3.8, 4) is 0 Å². The second-order valence-corrected chi connectivity index (χ2v) is 5.80. The summed E-state index contributed by atoms with van der Waals surface area (Å²) in [5.41, 5.74) is 0.877. The van der Waals surface area contributed by atoms with Crippen LogP contribution in [0.2, 0.25) is 0 Å². The van der Waals surface area contributed by atoms with Crippen molar-refractivity contribution in [3.05, 3.63) is 66.0 Å². The second kappa shape index (κ2) is 7.73. The van der Waals surface area contributed by atoms with Gasteiger partial charge in [-0.1, -0.05) is 36.4 Å². The Bertz CT molecular complexity index is 682. The molecule has 0 aliphatic carbocycles. The van der Waals surface area contributed by atoms with Crippen molar-refractivity contribution < 1.29 is 14.3 Å². The minimum atomic E-state index is -0.932. The minimum Gasteiger partial charge on any atom is -0.443 e. The predicted octanol–water partition coefficient (Wildman–Crippen LogP) is 2.99. The summed E-state index contributed by atoms with van der Waals surface area (Å²) in [6.45, 7) is 1.42. The first-order valence-electron chi connectivity index (χ1n) is 8.21. The number of rotatable bonds is 4. The fourth-order valence-electron chi connectivity index (χ4n) is 2.82. The van der Waals surface area contributed by atoms with E-state index in [1.807, 2.05) is 18.2 Å². The van der Waals surface area contributed by atoms with Crippen LogP contribution in [0.15, 0.2) is 54.7 Å².